The van der Waals surface area contributed by atoms with Gasteiger partial charge in [-0.3, -0.25) is 4.68 Å². The molecule has 3 aromatic heterocycles. The van der Waals surface area contributed by atoms with Gasteiger partial charge in [-0.05, 0) is 39.7 Å². The highest BCUT2D eigenvalue weighted by Gasteiger charge is 2.39. The lowest BCUT2D eigenvalue weighted by Crippen LogP contribution is -2.56. The Morgan fingerprint density at radius 1 is 1.19 bits per heavy atom. The highest BCUT2D eigenvalue weighted by Crippen LogP contribution is 2.37. The van der Waals surface area contributed by atoms with Crippen LogP contribution in [-0.2, 0) is 0 Å². The van der Waals surface area contributed by atoms with Gasteiger partial charge < -0.3 is 25.3 Å². The first kappa shape index (κ1) is 25.7. The fourth-order valence-electron chi connectivity index (χ4n) is 5.14. The van der Waals surface area contributed by atoms with Crippen LogP contribution in [0.2, 0.25) is 0 Å². The molecular weight excluding hydrogens is 468 g/mol. The summed E-state index contributed by atoms with van der Waals surface area (Å²) in [4.78, 5) is 18.3. The zero-order chi connectivity index (χ0) is 26.5. The molecule has 200 valence electrons. The molecule has 2 aliphatic heterocycles. The molecule has 0 spiro atoms. The van der Waals surface area contributed by atoms with Crippen LogP contribution in [0.25, 0.3) is 10.9 Å². The maximum absolute atomic E-state index is 10.4. The Hall–Kier alpha value is -2.98. The number of anilines is 4. The Balaban J connectivity index is 1.40. The SMILES string of the molecule is CCC(C)n1nc(N2CC(C(C)(C)O)C2)c2cnc(Nc3ccnc(N4CCC(O)C(C)(C)C4)n3)cc21. The normalized spacial score (nSPS) is 21.2. The van der Waals surface area contributed by atoms with Crippen molar-refractivity contribution < 1.29 is 10.2 Å². The highest BCUT2D eigenvalue weighted by molar-refractivity contribution is 5.92. The third-order valence-electron chi connectivity index (χ3n) is 8.12. The lowest BCUT2D eigenvalue weighted by atomic mass is 9.81. The van der Waals surface area contributed by atoms with E-state index >= 15 is 0 Å². The van der Waals surface area contributed by atoms with Crippen LogP contribution in [0.1, 0.15) is 60.4 Å². The largest absolute Gasteiger partial charge is 0.392 e. The fraction of sp³-hybridized carbons (Fsp3) is 0.630. The van der Waals surface area contributed by atoms with Crippen LogP contribution in [0.5, 0.6) is 0 Å². The topological polar surface area (TPSA) is 115 Å². The van der Waals surface area contributed by atoms with Crippen LogP contribution in [0.15, 0.2) is 24.5 Å². The summed E-state index contributed by atoms with van der Waals surface area (Å²) in [5.41, 5.74) is 0.114. The van der Waals surface area contributed by atoms with Gasteiger partial charge in [0.15, 0.2) is 5.82 Å². The Morgan fingerprint density at radius 3 is 2.62 bits per heavy atom. The molecule has 37 heavy (non-hydrogen) atoms. The number of rotatable bonds is 7. The number of pyridine rings is 1. The monoisotopic (exact) mass is 508 g/mol. The van der Waals surface area contributed by atoms with E-state index in [1.807, 2.05) is 32.2 Å². The van der Waals surface area contributed by atoms with E-state index in [4.69, 9.17) is 15.1 Å². The lowest BCUT2D eigenvalue weighted by Gasteiger charge is -2.45. The summed E-state index contributed by atoms with van der Waals surface area (Å²) in [6.45, 7) is 15.2. The van der Waals surface area contributed by atoms with Crippen LogP contribution >= 0.6 is 0 Å². The van der Waals surface area contributed by atoms with Gasteiger partial charge in [0, 0.05) is 62.0 Å². The Morgan fingerprint density at radius 2 is 1.95 bits per heavy atom. The van der Waals surface area contributed by atoms with E-state index in [9.17, 15) is 10.2 Å². The van der Waals surface area contributed by atoms with E-state index in [1.165, 1.54) is 0 Å². The number of aliphatic hydroxyl groups is 2. The molecule has 10 heteroatoms. The zero-order valence-corrected chi connectivity index (χ0v) is 22.8. The van der Waals surface area contributed by atoms with Crippen molar-refractivity contribution in [3.8, 4) is 0 Å². The molecule has 2 fully saturated rings. The van der Waals surface area contributed by atoms with E-state index in [0.717, 1.165) is 42.8 Å². The van der Waals surface area contributed by atoms with Crippen LogP contribution in [0, 0.1) is 11.3 Å². The average molecular weight is 509 g/mol. The molecule has 0 bridgehead atoms. The van der Waals surface area contributed by atoms with E-state index in [1.54, 1.807) is 6.20 Å². The predicted molar refractivity (Wildman–Crippen MR) is 146 cm³/mol. The zero-order valence-electron chi connectivity index (χ0n) is 22.8. The maximum atomic E-state index is 10.4. The van der Waals surface area contributed by atoms with Gasteiger partial charge in [0.2, 0.25) is 5.95 Å². The third-order valence-corrected chi connectivity index (χ3v) is 8.12. The molecule has 3 aromatic rings. The van der Waals surface area contributed by atoms with Crippen LogP contribution in [0.3, 0.4) is 0 Å². The molecule has 0 radical (unpaired) electrons. The number of hydrogen-bond donors (Lipinski definition) is 3. The second-order valence-corrected chi connectivity index (χ2v) is 11.9. The lowest BCUT2D eigenvalue weighted by molar-refractivity contribution is 0.00441. The van der Waals surface area contributed by atoms with E-state index < -0.39 is 5.60 Å². The number of piperidine rings is 1. The van der Waals surface area contributed by atoms with E-state index in [0.29, 0.717) is 30.5 Å². The summed E-state index contributed by atoms with van der Waals surface area (Å²) < 4.78 is 2.08. The van der Waals surface area contributed by atoms with E-state index in [-0.39, 0.29) is 23.5 Å². The summed E-state index contributed by atoms with van der Waals surface area (Å²) in [7, 11) is 0. The van der Waals surface area contributed by atoms with E-state index in [2.05, 4.69) is 52.5 Å². The second-order valence-electron chi connectivity index (χ2n) is 11.9. The van der Waals surface area contributed by atoms with Crippen LogP contribution in [0.4, 0.5) is 23.4 Å². The molecule has 2 unspecified atom stereocenters. The molecule has 0 amide bonds. The van der Waals surface area contributed by atoms with Gasteiger partial charge in [-0.1, -0.05) is 20.8 Å². The number of fused-ring (bicyclic) bond motifs is 1. The molecule has 0 aromatic carbocycles. The summed E-state index contributed by atoms with van der Waals surface area (Å²) in [6, 6.07) is 4.11. The van der Waals surface area contributed by atoms with Crippen molar-refractivity contribution in [3.05, 3.63) is 24.5 Å². The molecule has 0 aliphatic carbocycles. The standard InChI is InChI=1S/C27H40N8O2/c1-7-17(2)35-20-12-23(29-13-19(20)24(32-35)34-14-18(15-34)27(5,6)37)30-22-8-10-28-25(31-22)33-11-9-21(36)26(3,4)16-33/h8,10,12-13,17-18,21,36-37H,7,9,11,14-16H2,1-6H3,(H,28,29,30,31). The average Bonchev–Trinajstić information content (AvgIpc) is 3.17. The van der Waals surface area contributed by atoms with Gasteiger partial charge in [0.25, 0.3) is 0 Å². The Bertz CT molecular complexity index is 1260. The van der Waals surface area contributed by atoms with Gasteiger partial charge in [0.05, 0.1) is 22.6 Å². The van der Waals surface area contributed by atoms with Crippen molar-refractivity contribution in [1.29, 1.82) is 0 Å². The van der Waals surface area contributed by atoms with Crippen LogP contribution < -0.4 is 15.1 Å². The molecule has 2 aliphatic rings. The minimum atomic E-state index is -0.693. The summed E-state index contributed by atoms with van der Waals surface area (Å²) in [6.07, 6.45) is 4.97. The number of aliphatic hydroxyl groups excluding tert-OH is 1. The Labute approximate surface area is 218 Å². The van der Waals surface area contributed by atoms with Crippen molar-refractivity contribution in [2.75, 3.05) is 41.3 Å². The number of hydrogen-bond acceptors (Lipinski definition) is 9. The fourth-order valence-corrected chi connectivity index (χ4v) is 5.14. The Kier molecular flexibility index (Phi) is 6.52. The van der Waals surface area contributed by atoms with Crippen molar-refractivity contribution in [1.82, 2.24) is 24.7 Å². The first-order valence-electron chi connectivity index (χ1n) is 13.3. The van der Waals surface area contributed by atoms with Gasteiger partial charge >= 0.3 is 0 Å². The van der Waals surface area contributed by atoms with Gasteiger partial charge in [-0.2, -0.15) is 10.1 Å². The maximum Gasteiger partial charge on any atom is 0.227 e. The van der Waals surface area contributed by atoms with Crippen molar-refractivity contribution in [2.45, 2.75) is 72.1 Å². The number of nitrogens with zero attached hydrogens (tertiary/aromatic N) is 7. The first-order chi connectivity index (χ1) is 17.5. The second kappa shape index (κ2) is 9.40. The first-order valence-corrected chi connectivity index (χ1v) is 13.3. The van der Waals surface area contributed by atoms with Gasteiger partial charge in [-0.25, -0.2) is 9.97 Å². The molecule has 3 N–H and O–H groups in total. The van der Waals surface area contributed by atoms with Crippen molar-refractivity contribution in [2.24, 2.45) is 11.3 Å². The minimum Gasteiger partial charge on any atom is -0.392 e. The van der Waals surface area contributed by atoms with Crippen molar-refractivity contribution in [3.63, 3.8) is 0 Å². The summed E-state index contributed by atoms with van der Waals surface area (Å²) >= 11 is 0. The highest BCUT2D eigenvalue weighted by atomic mass is 16.3. The summed E-state index contributed by atoms with van der Waals surface area (Å²) in [5, 5.41) is 30.0. The third kappa shape index (κ3) is 4.96. The molecule has 5 heterocycles. The molecule has 2 atom stereocenters. The predicted octanol–water partition coefficient (Wildman–Crippen LogP) is 3.74. The number of nitrogens with one attached hydrogen (secondary N) is 1. The van der Waals surface area contributed by atoms with Gasteiger partial charge in [-0.15, -0.1) is 0 Å². The van der Waals surface area contributed by atoms with Gasteiger partial charge in [0.1, 0.15) is 11.6 Å². The minimum absolute atomic E-state index is 0.215. The molecule has 0 saturated carbocycles. The molecule has 10 nitrogen and oxygen atoms in total. The molecule has 2 saturated heterocycles. The molecule has 5 rings (SSSR count). The summed E-state index contributed by atoms with van der Waals surface area (Å²) in [5.74, 6) is 3.17. The number of aromatic nitrogens is 5. The smallest absolute Gasteiger partial charge is 0.227 e. The molecular formula is C27H40N8O2. The van der Waals surface area contributed by atoms with Crippen LogP contribution in [-0.4, -0.2) is 72.8 Å². The quantitative estimate of drug-likeness (QED) is 0.439. The van der Waals surface area contributed by atoms with Crippen molar-refractivity contribution >= 4 is 34.3 Å².